The van der Waals surface area contributed by atoms with E-state index in [9.17, 15) is 9.59 Å². The lowest BCUT2D eigenvalue weighted by Gasteiger charge is -2.15. The highest BCUT2D eigenvalue weighted by molar-refractivity contribution is 5.85. The van der Waals surface area contributed by atoms with Gasteiger partial charge in [0.25, 0.3) is 5.56 Å². The maximum atomic E-state index is 13.6. The summed E-state index contributed by atoms with van der Waals surface area (Å²) in [5.74, 6) is 0.670. The molecule has 0 atom stereocenters. The van der Waals surface area contributed by atoms with Crippen molar-refractivity contribution in [3.8, 4) is 11.4 Å². The topological polar surface area (TPSA) is 78.2 Å². The Kier molecular flexibility index (Phi) is 7.58. The number of hydrogen-bond donors (Lipinski definition) is 1. The molecular weight excluding hydrogens is 452 g/mol. The van der Waals surface area contributed by atoms with Crippen LogP contribution in [0.4, 0.5) is 0 Å². The molecule has 36 heavy (non-hydrogen) atoms. The molecule has 1 amide bonds. The zero-order valence-corrected chi connectivity index (χ0v) is 21.7. The standard InChI is InChI=1S/C29H34N4O3/c1-6-32-28-27(21(5)31-33(28)23-13-10-11-19(3)17-23)20(4)24(29(32)35)15-16-26(34)30-18-22-12-8-9-14-25(22)36-7-2/h8-14,17H,6-7,15-16,18H2,1-5H3,(H,30,34). The molecule has 4 rings (SSSR count). The molecule has 2 aromatic carbocycles. The number of aryl methyl sites for hydroxylation is 4. The van der Waals surface area contributed by atoms with Gasteiger partial charge in [0, 0.05) is 36.0 Å². The number of rotatable bonds is 9. The van der Waals surface area contributed by atoms with Gasteiger partial charge in [-0.3, -0.25) is 14.2 Å². The lowest BCUT2D eigenvalue weighted by Crippen LogP contribution is -2.28. The fraction of sp³-hybridized carbons (Fsp3) is 0.345. The van der Waals surface area contributed by atoms with Gasteiger partial charge in [0.1, 0.15) is 11.4 Å². The third-order valence-corrected chi connectivity index (χ3v) is 6.54. The number of para-hydroxylation sites is 1. The minimum absolute atomic E-state index is 0.0641. The maximum Gasteiger partial charge on any atom is 0.255 e. The summed E-state index contributed by atoms with van der Waals surface area (Å²) in [7, 11) is 0. The molecule has 4 aromatic rings. The van der Waals surface area contributed by atoms with Crippen molar-refractivity contribution in [1.29, 1.82) is 0 Å². The van der Waals surface area contributed by atoms with Crippen molar-refractivity contribution in [2.24, 2.45) is 0 Å². The highest BCUT2D eigenvalue weighted by atomic mass is 16.5. The molecule has 1 N–H and O–H groups in total. The van der Waals surface area contributed by atoms with Crippen molar-refractivity contribution in [2.45, 2.75) is 60.5 Å². The molecule has 0 saturated carbocycles. The van der Waals surface area contributed by atoms with Crippen LogP contribution in [-0.2, 0) is 24.3 Å². The smallest absolute Gasteiger partial charge is 0.255 e. The van der Waals surface area contributed by atoms with Crippen LogP contribution in [0.25, 0.3) is 16.7 Å². The Morgan fingerprint density at radius 2 is 1.83 bits per heavy atom. The fourth-order valence-corrected chi connectivity index (χ4v) is 4.77. The highest BCUT2D eigenvalue weighted by Crippen LogP contribution is 2.26. The third kappa shape index (κ3) is 4.91. The van der Waals surface area contributed by atoms with E-state index in [2.05, 4.69) is 11.4 Å². The van der Waals surface area contributed by atoms with Crippen LogP contribution in [0.5, 0.6) is 5.75 Å². The third-order valence-electron chi connectivity index (χ3n) is 6.54. The summed E-state index contributed by atoms with van der Waals surface area (Å²) in [6.45, 7) is 11.3. The van der Waals surface area contributed by atoms with E-state index in [-0.39, 0.29) is 17.9 Å². The van der Waals surface area contributed by atoms with E-state index >= 15 is 0 Å². The number of carbonyl (C=O) groups is 1. The van der Waals surface area contributed by atoms with Crippen LogP contribution in [0.2, 0.25) is 0 Å². The fourth-order valence-electron chi connectivity index (χ4n) is 4.77. The molecule has 0 saturated heterocycles. The second kappa shape index (κ2) is 10.8. The van der Waals surface area contributed by atoms with Crippen molar-refractivity contribution >= 4 is 16.9 Å². The van der Waals surface area contributed by atoms with Gasteiger partial charge in [-0.1, -0.05) is 30.3 Å². The predicted octanol–water partition coefficient (Wildman–Crippen LogP) is 4.78. The number of hydrogen-bond acceptors (Lipinski definition) is 4. The number of nitrogens with zero attached hydrogens (tertiary/aromatic N) is 3. The maximum absolute atomic E-state index is 13.6. The van der Waals surface area contributed by atoms with E-state index in [1.54, 1.807) is 4.57 Å². The molecule has 2 heterocycles. The van der Waals surface area contributed by atoms with Gasteiger partial charge in [0.2, 0.25) is 5.91 Å². The lowest BCUT2D eigenvalue weighted by molar-refractivity contribution is -0.121. The molecule has 0 aliphatic rings. The SMILES string of the molecule is CCOc1ccccc1CNC(=O)CCc1c(C)c2c(C)nn(-c3cccc(C)c3)c2n(CC)c1=O. The Morgan fingerprint density at radius 1 is 1.06 bits per heavy atom. The minimum Gasteiger partial charge on any atom is -0.494 e. The van der Waals surface area contributed by atoms with Crippen LogP contribution in [0.15, 0.2) is 53.3 Å². The van der Waals surface area contributed by atoms with Gasteiger partial charge in [0.05, 0.1) is 18.0 Å². The number of fused-ring (bicyclic) bond motifs is 1. The van der Waals surface area contributed by atoms with Crippen LogP contribution >= 0.6 is 0 Å². The largest absolute Gasteiger partial charge is 0.494 e. The predicted molar refractivity (Wildman–Crippen MR) is 143 cm³/mol. The van der Waals surface area contributed by atoms with Gasteiger partial charge in [0.15, 0.2) is 0 Å². The average molecular weight is 487 g/mol. The summed E-state index contributed by atoms with van der Waals surface area (Å²) in [6, 6.07) is 15.8. The van der Waals surface area contributed by atoms with Crippen molar-refractivity contribution in [2.75, 3.05) is 6.61 Å². The molecule has 0 radical (unpaired) electrons. The molecule has 0 aliphatic carbocycles. The van der Waals surface area contributed by atoms with E-state index in [0.717, 1.165) is 44.9 Å². The molecular formula is C29H34N4O3. The van der Waals surface area contributed by atoms with E-state index in [4.69, 9.17) is 9.84 Å². The summed E-state index contributed by atoms with van der Waals surface area (Å²) in [5, 5.41) is 8.74. The van der Waals surface area contributed by atoms with E-state index < -0.39 is 0 Å². The van der Waals surface area contributed by atoms with Crippen LogP contribution in [0, 0.1) is 20.8 Å². The second-order valence-electron chi connectivity index (χ2n) is 9.01. The van der Waals surface area contributed by atoms with Crippen molar-refractivity contribution < 1.29 is 9.53 Å². The molecule has 0 spiro atoms. The first-order valence-electron chi connectivity index (χ1n) is 12.5. The summed E-state index contributed by atoms with van der Waals surface area (Å²) in [4.78, 5) is 26.3. The van der Waals surface area contributed by atoms with Crippen LogP contribution in [-0.4, -0.2) is 26.9 Å². The molecule has 7 nitrogen and oxygen atoms in total. The quantitative estimate of drug-likeness (QED) is 0.369. The first kappa shape index (κ1) is 25.2. The van der Waals surface area contributed by atoms with Crippen LogP contribution in [0.1, 0.15) is 48.2 Å². The molecule has 0 bridgehead atoms. The Balaban J connectivity index is 1.61. The molecule has 0 unspecified atom stereocenters. The number of nitrogens with one attached hydrogen (secondary N) is 1. The van der Waals surface area contributed by atoms with E-state index in [1.165, 1.54) is 0 Å². The van der Waals surface area contributed by atoms with Crippen LogP contribution in [0.3, 0.4) is 0 Å². The second-order valence-corrected chi connectivity index (χ2v) is 9.01. The van der Waals surface area contributed by atoms with E-state index in [1.807, 2.05) is 81.8 Å². The molecule has 2 aromatic heterocycles. The van der Waals surface area contributed by atoms with Gasteiger partial charge in [-0.25, -0.2) is 4.68 Å². The van der Waals surface area contributed by atoms with E-state index in [0.29, 0.717) is 31.7 Å². The Labute approximate surface area is 211 Å². The van der Waals surface area contributed by atoms with Gasteiger partial charge in [-0.15, -0.1) is 0 Å². The molecule has 7 heteroatoms. The minimum atomic E-state index is -0.101. The monoisotopic (exact) mass is 486 g/mol. The summed E-state index contributed by atoms with van der Waals surface area (Å²) in [6.07, 6.45) is 0.599. The Morgan fingerprint density at radius 3 is 2.56 bits per heavy atom. The Hall–Kier alpha value is -3.87. The summed E-state index contributed by atoms with van der Waals surface area (Å²) < 4.78 is 9.28. The van der Waals surface area contributed by atoms with Gasteiger partial charge >= 0.3 is 0 Å². The number of carbonyl (C=O) groups excluding carboxylic acids is 1. The summed E-state index contributed by atoms with van der Waals surface area (Å²) >= 11 is 0. The van der Waals surface area contributed by atoms with Crippen molar-refractivity contribution in [3.63, 3.8) is 0 Å². The number of amides is 1. The van der Waals surface area contributed by atoms with Gasteiger partial charge in [-0.05, 0) is 70.4 Å². The first-order chi connectivity index (χ1) is 17.3. The highest BCUT2D eigenvalue weighted by Gasteiger charge is 2.21. The normalized spacial score (nSPS) is 11.1. The van der Waals surface area contributed by atoms with Gasteiger partial charge in [-0.2, -0.15) is 5.10 Å². The molecule has 188 valence electrons. The average Bonchev–Trinajstić information content (AvgIpc) is 3.21. The zero-order valence-electron chi connectivity index (χ0n) is 21.7. The summed E-state index contributed by atoms with van der Waals surface area (Å²) in [5.41, 5.74) is 6.14. The number of pyridine rings is 1. The van der Waals surface area contributed by atoms with Gasteiger partial charge < -0.3 is 10.1 Å². The zero-order chi connectivity index (χ0) is 25.8. The van der Waals surface area contributed by atoms with Crippen molar-refractivity contribution in [3.05, 3.63) is 86.8 Å². The molecule has 0 fully saturated rings. The number of benzene rings is 2. The number of ether oxygens (including phenoxy) is 1. The van der Waals surface area contributed by atoms with Crippen LogP contribution < -0.4 is 15.6 Å². The Bertz CT molecular complexity index is 1470. The lowest BCUT2D eigenvalue weighted by atomic mass is 10.0. The first-order valence-corrected chi connectivity index (χ1v) is 12.5. The van der Waals surface area contributed by atoms with Crippen molar-refractivity contribution in [1.82, 2.24) is 19.7 Å². The number of aromatic nitrogens is 3. The molecule has 0 aliphatic heterocycles.